The summed E-state index contributed by atoms with van der Waals surface area (Å²) >= 11 is 0.986. The van der Waals surface area contributed by atoms with Crippen LogP contribution in [0.25, 0.3) is 0 Å². The smallest absolute Gasteiger partial charge is 0.378 e. The Hall–Kier alpha value is -2.54. The molecule has 0 aliphatic carbocycles. The summed E-state index contributed by atoms with van der Waals surface area (Å²) < 4.78 is 45.9. The van der Waals surface area contributed by atoms with Crippen molar-refractivity contribution in [2.45, 2.75) is 17.9 Å². The number of hydrogen-bond acceptors (Lipinski definition) is 8. The predicted octanol–water partition coefficient (Wildman–Crippen LogP) is 1.51. The second-order valence-electron chi connectivity index (χ2n) is 7.43. The van der Waals surface area contributed by atoms with Crippen LogP contribution >= 0.6 is 11.8 Å². The molecule has 0 saturated carbocycles. The van der Waals surface area contributed by atoms with E-state index in [0.717, 1.165) is 22.1 Å². The number of carbonyl (C=O) groups excluding carboxylic acids is 1. The molecule has 0 aromatic carbocycles. The number of anilines is 2. The summed E-state index contributed by atoms with van der Waals surface area (Å²) in [6.07, 6.45) is -2.70. The van der Waals surface area contributed by atoms with Gasteiger partial charge < -0.3 is 19.4 Å². The van der Waals surface area contributed by atoms with Gasteiger partial charge in [-0.15, -0.1) is 10.2 Å². The number of amides is 1. The second kappa shape index (κ2) is 9.94. The lowest BCUT2D eigenvalue weighted by Crippen LogP contribution is -2.49. The maximum Gasteiger partial charge on any atom is 0.406 e. The number of thioether (sulfide) groups is 1. The minimum atomic E-state index is -4.43. The lowest BCUT2D eigenvalue weighted by atomic mass is 10.3. The van der Waals surface area contributed by atoms with Gasteiger partial charge in [0.15, 0.2) is 5.16 Å². The zero-order valence-electron chi connectivity index (χ0n) is 17.4. The van der Waals surface area contributed by atoms with Gasteiger partial charge in [-0.05, 0) is 12.1 Å². The maximum absolute atomic E-state index is 13.2. The molecule has 2 saturated heterocycles. The predicted molar refractivity (Wildman–Crippen MR) is 113 cm³/mol. The molecule has 2 fully saturated rings. The number of carbonyl (C=O) groups is 1. The van der Waals surface area contributed by atoms with Crippen molar-refractivity contribution in [3.63, 3.8) is 0 Å². The topological polar surface area (TPSA) is 79.6 Å². The number of nitrogens with zero attached hydrogens (tertiary/aromatic N) is 7. The summed E-state index contributed by atoms with van der Waals surface area (Å²) in [7, 11) is 0. The van der Waals surface area contributed by atoms with Gasteiger partial charge in [-0.25, -0.2) is 4.98 Å². The van der Waals surface area contributed by atoms with Crippen molar-refractivity contribution < 1.29 is 22.7 Å². The number of halogens is 3. The van der Waals surface area contributed by atoms with Crippen LogP contribution in [0.3, 0.4) is 0 Å². The van der Waals surface area contributed by atoms with Crippen molar-refractivity contribution in [2.24, 2.45) is 0 Å². The first-order chi connectivity index (χ1) is 15.4. The van der Waals surface area contributed by atoms with E-state index in [1.165, 1.54) is 0 Å². The number of aromatic nitrogens is 4. The highest BCUT2D eigenvalue weighted by Gasteiger charge is 2.33. The molecular formula is C19H24F3N7O2S. The van der Waals surface area contributed by atoms with E-state index in [2.05, 4.69) is 20.1 Å². The molecule has 32 heavy (non-hydrogen) atoms. The average Bonchev–Trinajstić information content (AvgIpc) is 3.19. The van der Waals surface area contributed by atoms with Gasteiger partial charge in [-0.3, -0.25) is 9.36 Å². The monoisotopic (exact) mass is 471 g/mol. The molecule has 9 nitrogen and oxygen atoms in total. The Morgan fingerprint density at radius 3 is 2.44 bits per heavy atom. The van der Waals surface area contributed by atoms with Gasteiger partial charge in [0.05, 0.1) is 19.0 Å². The Morgan fingerprint density at radius 2 is 1.78 bits per heavy atom. The van der Waals surface area contributed by atoms with E-state index in [-0.39, 0.29) is 22.8 Å². The third-order valence-corrected chi connectivity index (χ3v) is 6.21. The van der Waals surface area contributed by atoms with Gasteiger partial charge in [-0.2, -0.15) is 13.2 Å². The number of morpholine rings is 1. The molecule has 2 aromatic rings. The Kier molecular flexibility index (Phi) is 7.04. The molecule has 2 aromatic heterocycles. The molecule has 0 N–H and O–H groups in total. The van der Waals surface area contributed by atoms with Crippen LogP contribution in [0.4, 0.5) is 24.9 Å². The van der Waals surface area contributed by atoms with E-state index in [4.69, 9.17) is 4.74 Å². The molecule has 0 atom stereocenters. The van der Waals surface area contributed by atoms with Crippen LogP contribution < -0.4 is 9.80 Å². The van der Waals surface area contributed by atoms with E-state index in [1.54, 1.807) is 16.0 Å². The highest BCUT2D eigenvalue weighted by Crippen LogP contribution is 2.28. The van der Waals surface area contributed by atoms with Gasteiger partial charge in [0, 0.05) is 45.5 Å². The molecule has 2 aliphatic rings. The minimum Gasteiger partial charge on any atom is -0.378 e. The first-order valence-corrected chi connectivity index (χ1v) is 11.3. The van der Waals surface area contributed by atoms with E-state index < -0.39 is 12.7 Å². The van der Waals surface area contributed by atoms with Crippen molar-refractivity contribution in [1.82, 2.24) is 24.6 Å². The molecule has 174 valence electrons. The van der Waals surface area contributed by atoms with Crippen molar-refractivity contribution in [1.29, 1.82) is 0 Å². The summed E-state index contributed by atoms with van der Waals surface area (Å²) in [6, 6.07) is 5.69. The van der Waals surface area contributed by atoms with Gasteiger partial charge >= 0.3 is 6.18 Å². The molecule has 4 rings (SSSR count). The third-order valence-electron chi connectivity index (χ3n) is 5.26. The van der Waals surface area contributed by atoms with Crippen LogP contribution in [0.1, 0.15) is 0 Å². The number of rotatable bonds is 6. The van der Waals surface area contributed by atoms with Gasteiger partial charge in [0.2, 0.25) is 11.9 Å². The molecule has 2 aliphatic heterocycles. The van der Waals surface area contributed by atoms with E-state index in [0.29, 0.717) is 52.5 Å². The van der Waals surface area contributed by atoms with E-state index in [1.807, 2.05) is 18.2 Å². The standard InChI is InChI=1S/C19H24F3N7O2S/c20-19(21,22)14-29-17(28-9-11-31-12-10-28)24-25-18(29)32-13-16(30)27-7-5-26(6-8-27)15-3-1-2-4-23-15/h1-4H,5-14H2. The Bertz CT molecular complexity index is 898. The van der Waals surface area contributed by atoms with E-state index in [9.17, 15) is 18.0 Å². The third kappa shape index (κ3) is 5.63. The second-order valence-corrected chi connectivity index (χ2v) is 8.37. The van der Waals surface area contributed by atoms with Crippen LogP contribution in [0.2, 0.25) is 0 Å². The van der Waals surface area contributed by atoms with Gasteiger partial charge in [0.25, 0.3) is 0 Å². The summed E-state index contributed by atoms with van der Waals surface area (Å²) in [5.41, 5.74) is 0. The number of hydrogen-bond donors (Lipinski definition) is 0. The lowest BCUT2D eigenvalue weighted by Gasteiger charge is -2.35. The van der Waals surface area contributed by atoms with Crippen LogP contribution in [0.15, 0.2) is 29.6 Å². The SMILES string of the molecule is O=C(CSc1nnc(N2CCOCC2)n1CC(F)(F)F)N1CCN(c2ccccn2)CC1. The first kappa shape index (κ1) is 22.6. The number of pyridine rings is 1. The molecule has 0 spiro atoms. The van der Waals surface area contributed by atoms with Crippen molar-refractivity contribution in [3.05, 3.63) is 24.4 Å². The molecule has 4 heterocycles. The Balaban J connectivity index is 1.36. The van der Waals surface area contributed by atoms with E-state index >= 15 is 0 Å². The molecule has 0 bridgehead atoms. The molecular weight excluding hydrogens is 447 g/mol. The van der Waals surface area contributed by atoms with Crippen molar-refractivity contribution in [3.8, 4) is 0 Å². The Labute approximate surface area is 187 Å². The fraction of sp³-hybridized carbons (Fsp3) is 0.579. The summed E-state index contributed by atoms with van der Waals surface area (Å²) in [6.45, 7) is 2.90. The lowest BCUT2D eigenvalue weighted by molar-refractivity contribution is -0.141. The number of alkyl halides is 3. The molecule has 13 heteroatoms. The van der Waals surface area contributed by atoms with Crippen LogP contribution in [0.5, 0.6) is 0 Å². The number of ether oxygens (including phenoxy) is 1. The zero-order chi connectivity index (χ0) is 22.6. The first-order valence-electron chi connectivity index (χ1n) is 10.3. The summed E-state index contributed by atoms with van der Waals surface area (Å²) in [4.78, 5) is 22.6. The highest BCUT2D eigenvalue weighted by atomic mass is 32.2. The Morgan fingerprint density at radius 1 is 1.03 bits per heavy atom. The van der Waals surface area contributed by atoms with Crippen LogP contribution in [-0.4, -0.2) is 95.0 Å². The number of piperazine rings is 1. The molecule has 1 amide bonds. The highest BCUT2D eigenvalue weighted by molar-refractivity contribution is 7.99. The largest absolute Gasteiger partial charge is 0.406 e. The zero-order valence-corrected chi connectivity index (χ0v) is 18.2. The average molecular weight is 472 g/mol. The van der Waals surface area contributed by atoms with Gasteiger partial charge in [0.1, 0.15) is 12.4 Å². The molecule has 0 radical (unpaired) electrons. The molecule has 0 unspecified atom stereocenters. The van der Waals surface area contributed by atoms with Crippen LogP contribution in [-0.2, 0) is 16.1 Å². The summed E-state index contributed by atoms with van der Waals surface area (Å²) in [5, 5.41) is 8.02. The normalized spacial score (nSPS) is 17.7. The van der Waals surface area contributed by atoms with Crippen molar-refractivity contribution in [2.75, 3.05) is 68.0 Å². The minimum absolute atomic E-state index is 0.00267. The fourth-order valence-electron chi connectivity index (χ4n) is 3.65. The quantitative estimate of drug-likeness (QED) is 0.587. The fourth-order valence-corrected chi connectivity index (χ4v) is 4.48. The van der Waals surface area contributed by atoms with Gasteiger partial charge in [-0.1, -0.05) is 17.8 Å². The van der Waals surface area contributed by atoms with Crippen LogP contribution in [0, 0.1) is 0 Å². The van der Waals surface area contributed by atoms with Crippen molar-refractivity contribution >= 4 is 29.4 Å². The maximum atomic E-state index is 13.2. The summed E-state index contributed by atoms with van der Waals surface area (Å²) in [5.74, 6) is 0.891.